The highest BCUT2D eigenvalue weighted by atomic mass is 16.5. The summed E-state index contributed by atoms with van der Waals surface area (Å²) in [5.74, 6) is 0. The molecule has 0 aromatic heterocycles. The van der Waals surface area contributed by atoms with Crippen molar-refractivity contribution in [2.75, 3.05) is 26.4 Å². The fourth-order valence-electron chi connectivity index (χ4n) is 2.14. The van der Waals surface area contributed by atoms with Crippen LogP contribution < -0.4 is 5.73 Å². The number of aliphatic hydroxyl groups excluding tert-OH is 1. The van der Waals surface area contributed by atoms with E-state index in [0.29, 0.717) is 19.6 Å². The van der Waals surface area contributed by atoms with Crippen molar-refractivity contribution in [3.05, 3.63) is 35.9 Å². The van der Waals surface area contributed by atoms with Crippen LogP contribution in [-0.4, -0.2) is 37.6 Å². The van der Waals surface area contributed by atoms with Crippen molar-refractivity contribution in [1.29, 1.82) is 0 Å². The van der Waals surface area contributed by atoms with Gasteiger partial charge < -0.3 is 20.3 Å². The fourth-order valence-corrected chi connectivity index (χ4v) is 2.14. The van der Waals surface area contributed by atoms with Crippen LogP contribution in [0, 0.1) is 0 Å². The maximum atomic E-state index is 9.53. The molecule has 4 nitrogen and oxygen atoms in total. The molecule has 1 heterocycles. The molecular formula is C14H21NO3. The van der Waals surface area contributed by atoms with E-state index >= 15 is 0 Å². The van der Waals surface area contributed by atoms with Gasteiger partial charge in [-0.2, -0.15) is 0 Å². The minimum atomic E-state index is -0.722. The van der Waals surface area contributed by atoms with E-state index in [0.717, 1.165) is 18.6 Å². The van der Waals surface area contributed by atoms with Gasteiger partial charge in [0, 0.05) is 13.2 Å². The van der Waals surface area contributed by atoms with Crippen LogP contribution in [0.5, 0.6) is 0 Å². The van der Waals surface area contributed by atoms with Crippen molar-refractivity contribution in [3.8, 4) is 0 Å². The number of nitrogens with two attached hydrogens (primary N) is 1. The monoisotopic (exact) mass is 251 g/mol. The van der Waals surface area contributed by atoms with Gasteiger partial charge in [-0.05, 0) is 18.4 Å². The Morgan fingerprint density at radius 1 is 1.39 bits per heavy atom. The Labute approximate surface area is 108 Å². The zero-order valence-corrected chi connectivity index (χ0v) is 10.5. The number of rotatable bonds is 6. The molecule has 1 fully saturated rings. The molecule has 0 aliphatic carbocycles. The van der Waals surface area contributed by atoms with E-state index in [1.807, 2.05) is 30.3 Å². The molecule has 0 amide bonds. The summed E-state index contributed by atoms with van der Waals surface area (Å²) < 4.78 is 11.0. The second-order valence-electron chi connectivity index (χ2n) is 4.79. The van der Waals surface area contributed by atoms with E-state index in [1.165, 1.54) is 0 Å². The van der Waals surface area contributed by atoms with Crippen molar-refractivity contribution >= 4 is 0 Å². The fraction of sp³-hybridized carbons (Fsp3) is 0.571. The quantitative estimate of drug-likeness (QED) is 0.792. The van der Waals surface area contributed by atoms with Crippen LogP contribution in [0.15, 0.2) is 30.3 Å². The lowest BCUT2D eigenvalue weighted by Crippen LogP contribution is -2.42. The van der Waals surface area contributed by atoms with Gasteiger partial charge in [-0.1, -0.05) is 30.3 Å². The van der Waals surface area contributed by atoms with E-state index in [9.17, 15) is 5.11 Å². The first-order valence-corrected chi connectivity index (χ1v) is 6.39. The van der Waals surface area contributed by atoms with E-state index in [2.05, 4.69) is 0 Å². The van der Waals surface area contributed by atoms with Gasteiger partial charge in [0.1, 0.15) is 0 Å². The minimum absolute atomic E-state index is 0.0818. The molecule has 2 atom stereocenters. The van der Waals surface area contributed by atoms with E-state index in [4.69, 9.17) is 15.2 Å². The van der Waals surface area contributed by atoms with Gasteiger partial charge in [0.25, 0.3) is 0 Å². The third-order valence-electron chi connectivity index (χ3n) is 3.42. The SMILES string of the molecule is NC(CO)(CCOC1CCOC1)c1ccccc1. The smallest absolute Gasteiger partial charge is 0.0830 e. The van der Waals surface area contributed by atoms with Crippen LogP contribution in [0.25, 0.3) is 0 Å². The second-order valence-corrected chi connectivity index (χ2v) is 4.79. The Bertz CT molecular complexity index is 351. The zero-order valence-electron chi connectivity index (χ0n) is 10.5. The normalized spacial score (nSPS) is 22.9. The Morgan fingerprint density at radius 3 is 2.78 bits per heavy atom. The summed E-state index contributed by atoms with van der Waals surface area (Å²) in [6.07, 6.45) is 1.73. The van der Waals surface area contributed by atoms with Crippen LogP contribution in [0.4, 0.5) is 0 Å². The summed E-state index contributed by atoms with van der Waals surface area (Å²) in [5, 5.41) is 9.53. The minimum Gasteiger partial charge on any atom is -0.394 e. The van der Waals surface area contributed by atoms with Crippen LogP contribution in [0.1, 0.15) is 18.4 Å². The third-order valence-corrected chi connectivity index (χ3v) is 3.42. The molecule has 1 aromatic carbocycles. The van der Waals surface area contributed by atoms with Crippen molar-refractivity contribution < 1.29 is 14.6 Å². The first-order valence-electron chi connectivity index (χ1n) is 6.39. The molecule has 0 spiro atoms. The number of aliphatic hydroxyl groups is 1. The van der Waals surface area contributed by atoms with Crippen molar-refractivity contribution in [2.24, 2.45) is 5.73 Å². The average molecular weight is 251 g/mol. The molecule has 3 N–H and O–H groups in total. The van der Waals surface area contributed by atoms with Gasteiger partial charge in [0.15, 0.2) is 0 Å². The highest BCUT2D eigenvalue weighted by molar-refractivity contribution is 5.23. The lowest BCUT2D eigenvalue weighted by Gasteiger charge is -2.28. The van der Waals surface area contributed by atoms with Crippen molar-refractivity contribution in [2.45, 2.75) is 24.5 Å². The molecule has 0 bridgehead atoms. The zero-order chi connectivity index (χ0) is 12.8. The molecule has 100 valence electrons. The van der Waals surface area contributed by atoms with Crippen LogP contribution in [0.3, 0.4) is 0 Å². The first-order chi connectivity index (χ1) is 8.74. The molecule has 1 aromatic rings. The van der Waals surface area contributed by atoms with Gasteiger partial charge in [0.05, 0.1) is 24.9 Å². The molecule has 0 radical (unpaired) electrons. The van der Waals surface area contributed by atoms with E-state index in [1.54, 1.807) is 0 Å². The largest absolute Gasteiger partial charge is 0.394 e. The standard InChI is InChI=1S/C14H21NO3/c15-14(11-16,12-4-2-1-3-5-12)7-9-18-13-6-8-17-10-13/h1-5,13,16H,6-11,15H2. The molecule has 2 rings (SSSR count). The number of benzene rings is 1. The van der Waals surface area contributed by atoms with Gasteiger partial charge in [-0.3, -0.25) is 0 Å². The summed E-state index contributed by atoms with van der Waals surface area (Å²) >= 11 is 0. The lowest BCUT2D eigenvalue weighted by atomic mass is 9.89. The Morgan fingerprint density at radius 2 is 2.17 bits per heavy atom. The molecule has 1 aliphatic heterocycles. The van der Waals surface area contributed by atoms with Crippen LogP contribution in [-0.2, 0) is 15.0 Å². The van der Waals surface area contributed by atoms with Crippen molar-refractivity contribution in [3.63, 3.8) is 0 Å². The third kappa shape index (κ3) is 3.29. The highest BCUT2D eigenvalue weighted by Crippen LogP contribution is 2.22. The molecular weight excluding hydrogens is 230 g/mol. The second kappa shape index (κ2) is 6.29. The Balaban J connectivity index is 1.87. The summed E-state index contributed by atoms with van der Waals surface area (Å²) in [6, 6.07) is 9.67. The topological polar surface area (TPSA) is 64.7 Å². The highest BCUT2D eigenvalue weighted by Gasteiger charge is 2.27. The Hall–Kier alpha value is -0.940. The van der Waals surface area contributed by atoms with Crippen LogP contribution >= 0.6 is 0 Å². The van der Waals surface area contributed by atoms with E-state index in [-0.39, 0.29) is 12.7 Å². The molecule has 18 heavy (non-hydrogen) atoms. The Kier molecular flexibility index (Phi) is 4.72. The number of hydrogen-bond donors (Lipinski definition) is 2. The summed E-state index contributed by atoms with van der Waals surface area (Å²) in [6.45, 7) is 1.90. The summed E-state index contributed by atoms with van der Waals surface area (Å²) in [5.41, 5.74) is 6.46. The lowest BCUT2D eigenvalue weighted by molar-refractivity contribution is 0.0266. The molecule has 1 saturated heterocycles. The predicted octanol–water partition coefficient (Wildman–Crippen LogP) is 1.03. The molecule has 2 unspecified atom stereocenters. The average Bonchev–Trinajstić information content (AvgIpc) is 2.93. The predicted molar refractivity (Wildman–Crippen MR) is 69.2 cm³/mol. The maximum Gasteiger partial charge on any atom is 0.0830 e. The van der Waals surface area contributed by atoms with Gasteiger partial charge in [-0.15, -0.1) is 0 Å². The van der Waals surface area contributed by atoms with E-state index < -0.39 is 5.54 Å². The summed E-state index contributed by atoms with van der Waals surface area (Å²) in [7, 11) is 0. The van der Waals surface area contributed by atoms with Crippen molar-refractivity contribution in [1.82, 2.24) is 0 Å². The van der Waals surface area contributed by atoms with Gasteiger partial charge in [-0.25, -0.2) is 0 Å². The molecule has 4 heteroatoms. The first kappa shape index (κ1) is 13.5. The number of hydrogen-bond acceptors (Lipinski definition) is 4. The maximum absolute atomic E-state index is 9.53. The van der Waals surface area contributed by atoms with Gasteiger partial charge in [0.2, 0.25) is 0 Å². The number of ether oxygens (including phenoxy) is 2. The van der Waals surface area contributed by atoms with Crippen LogP contribution in [0.2, 0.25) is 0 Å². The summed E-state index contributed by atoms with van der Waals surface area (Å²) in [4.78, 5) is 0. The molecule has 0 saturated carbocycles. The molecule has 1 aliphatic rings. The van der Waals surface area contributed by atoms with Gasteiger partial charge >= 0.3 is 0 Å².